The summed E-state index contributed by atoms with van der Waals surface area (Å²) in [5.41, 5.74) is 6.17. The maximum Gasteiger partial charge on any atom is 0.179 e. The summed E-state index contributed by atoms with van der Waals surface area (Å²) in [5, 5.41) is 9.52. The van der Waals surface area contributed by atoms with Gasteiger partial charge in [-0.15, -0.1) is 0 Å². The van der Waals surface area contributed by atoms with Crippen molar-refractivity contribution < 1.29 is 13.5 Å². The molecule has 0 aromatic heterocycles. The fourth-order valence-corrected chi connectivity index (χ4v) is 2.58. The number of benzene rings is 1. The van der Waals surface area contributed by atoms with E-state index < -0.39 is 9.84 Å². The van der Waals surface area contributed by atoms with E-state index in [0.29, 0.717) is 12.0 Å². The summed E-state index contributed by atoms with van der Waals surface area (Å²) in [6.07, 6.45) is 1.50. The molecule has 0 fully saturated rings. The molecule has 1 rings (SSSR count). The summed E-state index contributed by atoms with van der Waals surface area (Å²) in [7, 11) is -3.42. The molecule has 0 saturated heterocycles. The van der Waals surface area contributed by atoms with Gasteiger partial charge in [-0.05, 0) is 25.0 Å². The van der Waals surface area contributed by atoms with E-state index in [2.05, 4.69) is 0 Å². The van der Waals surface area contributed by atoms with Crippen molar-refractivity contribution >= 4 is 9.84 Å². The molecular formula is C10H15NO3S. The van der Waals surface area contributed by atoms with Gasteiger partial charge in [0, 0.05) is 12.3 Å². The van der Waals surface area contributed by atoms with Crippen molar-refractivity contribution in [1.82, 2.24) is 0 Å². The zero-order valence-electron chi connectivity index (χ0n) is 8.77. The van der Waals surface area contributed by atoms with E-state index in [1.165, 1.54) is 6.07 Å². The molecule has 1 unspecified atom stereocenters. The van der Waals surface area contributed by atoms with Crippen LogP contribution in [0.25, 0.3) is 0 Å². The Labute approximate surface area is 89.7 Å². The van der Waals surface area contributed by atoms with Crippen LogP contribution in [0.4, 0.5) is 0 Å². The molecule has 0 aliphatic rings. The molecule has 84 valence electrons. The summed E-state index contributed by atoms with van der Waals surface area (Å²) in [6, 6.07) is 4.50. The predicted molar refractivity (Wildman–Crippen MR) is 58.6 cm³/mol. The summed E-state index contributed by atoms with van der Waals surface area (Å²) in [6.45, 7) is 1.79. The van der Waals surface area contributed by atoms with Gasteiger partial charge in [-0.25, -0.2) is 8.42 Å². The van der Waals surface area contributed by atoms with E-state index >= 15 is 0 Å². The highest BCUT2D eigenvalue weighted by atomic mass is 32.2. The summed E-state index contributed by atoms with van der Waals surface area (Å²) < 4.78 is 22.9. The van der Waals surface area contributed by atoms with Crippen LogP contribution in [0.2, 0.25) is 0 Å². The molecule has 1 atom stereocenters. The van der Waals surface area contributed by atoms with E-state index in [9.17, 15) is 13.5 Å². The maximum absolute atomic E-state index is 11.5. The number of aromatic hydroxyl groups is 1. The third kappa shape index (κ3) is 2.94. The van der Waals surface area contributed by atoms with Gasteiger partial charge in [0.15, 0.2) is 9.84 Å². The highest BCUT2D eigenvalue weighted by molar-refractivity contribution is 7.90. The predicted octanol–water partition coefficient (Wildman–Crippen LogP) is 0.685. The van der Waals surface area contributed by atoms with Crippen LogP contribution in [0.15, 0.2) is 23.1 Å². The van der Waals surface area contributed by atoms with Crippen molar-refractivity contribution in [2.75, 3.05) is 6.26 Å². The Morgan fingerprint density at radius 1 is 1.47 bits per heavy atom. The number of hydrogen-bond donors (Lipinski definition) is 2. The molecule has 1 aromatic rings. The quantitative estimate of drug-likeness (QED) is 0.799. The Kier molecular flexibility index (Phi) is 3.36. The van der Waals surface area contributed by atoms with Crippen LogP contribution in [0.3, 0.4) is 0 Å². The van der Waals surface area contributed by atoms with Gasteiger partial charge in [-0.1, -0.05) is 12.1 Å². The van der Waals surface area contributed by atoms with Crippen LogP contribution in [-0.2, 0) is 16.3 Å². The van der Waals surface area contributed by atoms with Crippen molar-refractivity contribution in [2.24, 2.45) is 5.73 Å². The molecule has 0 bridgehead atoms. The van der Waals surface area contributed by atoms with Gasteiger partial charge in [0.1, 0.15) is 10.6 Å². The molecule has 1 aromatic carbocycles. The minimum absolute atomic E-state index is 0.0118. The first-order valence-electron chi connectivity index (χ1n) is 4.59. The Morgan fingerprint density at radius 3 is 2.53 bits per heavy atom. The summed E-state index contributed by atoms with van der Waals surface area (Å²) in [4.78, 5) is -0.0118. The molecule has 0 amide bonds. The second-order valence-electron chi connectivity index (χ2n) is 3.72. The van der Waals surface area contributed by atoms with Gasteiger partial charge < -0.3 is 10.8 Å². The topological polar surface area (TPSA) is 80.4 Å². The number of phenolic OH excluding ortho intramolecular Hbond substituents is 1. The second-order valence-corrected chi connectivity index (χ2v) is 5.67. The van der Waals surface area contributed by atoms with Crippen LogP contribution >= 0.6 is 0 Å². The lowest BCUT2D eigenvalue weighted by Crippen LogP contribution is -2.19. The van der Waals surface area contributed by atoms with Crippen LogP contribution in [0, 0.1) is 0 Å². The molecule has 15 heavy (non-hydrogen) atoms. The van der Waals surface area contributed by atoms with Crippen LogP contribution in [0.5, 0.6) is 5.75 Å². The van der Waals surface area contributed by atoms with E-state index in [-0.39, 0.29) is 16.7 Å². The van der Waals surface area contributed by atoms with Gasteiger partial charge in [0.05, 0.1) is 0 Å². The highest BCUT2D eigenvalue weighted by Crippen LogP contribution is 2.26. The van der Waals surface area contributed by atoms with Gasteiger partial charge >= 0.3 is 0 Å². The van der Waals surface area contributed by atoms with Crippen molar-refractivity contribution in [2.45, 2.75) is 24.3 Å². The number of sulfone groups is 1. The monoisotopic (exact) mass is 229 g/mol. The zero-order chi connectivity index (χ0) is 11.6. The normalized spacial score (nSPS) is 13.8. The lowest BCUT2D eigenvalue weighted by Gasteiger charge is -2.11. The maximum atomic E-state index is 11.5. The van der Waals surface area contributed by atoms with Crippen LogP contribution < -0.4 is 5.73 Å². The first-order chi connectivity index (χ1) is 6.82. The molecule has 0 heterocycles. The average molecular weight is 229 g/mol. The first-order valence-corrected chi connectivity index (χ1v) is 6.48. The van der Waals surface area contributed by atoms with Gasteiger partial charge in [0.2, 0.25) is 0 Å². The second kappa shape index (κ2) is 4.20. The number of hydrogen-bond acceptors (Lipinski definition) is 4. The highest BCUT2D eigenvalue weighted by Gasteiger charge is 2.18. The Bertz CT molecular complexity index is 452. The third-order valence-electron chi connectivity index (χ3n) is 1.99. The number of nitrogens with two attached hydrogens (primary N) is 1. The zero-order valence-corrected chi connectivity index (χ0v) is 9.58. The van der Waals surface area contributed by atoms with Crippen molar-refractivity contribution in [3.8, 4) is 5.75 Å². The van der Waals surface area contributed by atoms with Gasteiger partial charge in [0.25, 0.3) is 0 Å². The standard InChI is InChI=1S/C10H15NO3S/c1-7(11)6-8-4-3-5-9(12)10(8)15(2,13)14/h3-5,7,12H,6,11H2,1-2H3. The molecule has 0 saturated carbocycles. The van der Waals surface area contributed by atoms with Crippen molar-refractivity contribution in [3.05, 3.63) is 23.8 Å². The number of rotatable bonds is 3. The van der Waals surface area contributed by atoms with Crippen molar-refractivity contribution in [1.29, 1.82) is 0 Å². The molecule has 4 nitrogen and oxygen atoms in total. The largest absolute Gasteiger partial charge is 0.507 e. The Morgan fingerprint density at radius 2 is 2.07 bits per heavy atom. The van der Waals surface area contributed by atoms with Gasteiger partial charge in [-0.2, -0.15) is 0 Å². The van der Waals surface area contributed by atoms with E-state index in [1.807, 2.05) is 0 Å². The fraction of sp³-hybridized carbons (Fsp3) is 0.400. The van der Waals surface area contributed by atoms with E-state index in [4.69, 9.17) is 5.73 Å². The molecule has 0 aliphatic carbocycles. The molecule has 5 heteroatoms. The van der Waals surface area contributed by atoms with Crippen molar-refractivity contribution in [3.63, 3.8) is 0 Å². The molecule has 3 N–H and O–H groups in total. The molecule has 0 aliphatic heterocycles. The lowest BCUT2D eigenvalue weighted by molar-refractivity contribution is 0.456. The molecular weight excluding hydrogens is 214 g/mol. The Balaban J connectivity index is 3.34. The minimum Gasteiger partial charge on any atom is -0.507 e. The molecule has 0 radical (unpaired) electrons. The first kappa shape index (κ1) is 12.0. The number of phenols is 1. The van der Waals surface area contributed by atoms with E-state index in [0.717, 1.165) is 6.26 Å². The smallest absolute Gasteiger partial charge is 0.179 e. The SMILES string of the molecule is CC(N)Cc1cccc(O)c1S(C)(=O)=O. The van der Waals surface area contributed by atoms with E-state index in [1.54, 1.807) is 19.1 Å². The summed E-state index contributed by atoms with van der Waals surface area (Å²) >= 11 is 0. The van der Waals surface area contributed by atoms with Crippen LogP contribution in [-0.4, -0.2) is 25.8 Å². The lowest BCUT2D eigenvalue weighted by atomic mass is 10.1. The van der Waals surface area contributed by atoms with Crippen LogP contribution in [0.1, 0.15) is 12.5 Å². The fourth-order valence-electron chi connectivity index (χ4n) is 1.51. The minimum atomic E-state index is -3.42. The average Bonchev–Trinajstić information content (AvgIpc) is 1.99. The molecule has 0 spiro atoms. The summed E-state index contributed by atoms with van der Waals surface area (Å²) in [5.74, 6) is -0.212. The third-order valence-corrected chi connectivity index (χ3v) is 3.20. The van der Waals surface area contributed by atoms with Gasteiger partial charge in [-0.3, -0.25) is 0 Å². The Hall–Kier alpha value is -1.07.